The number of nitrogens with one attached hydrogen (secondary N) is 1. The highest BCUT2D eigenvalue weighted by atomic mass is 16.3. The first-order valence-corrected chi connectivity index (χ1v) is 5.18. The van der Waals surface area contributed by atoms with E-state index < -0.39 is 0 Å². The standard InChI is InChI=1S/C12H19NO2/c1-8-6-7-10(15-8)9(2)13-11(14)12(3,4)5/h6-7,9H,1-5H3,(H,13,14). The molecule has 0 fully saturated rings. The molecular weight excluding hydrogens is 190 g/mol. The van der Waals surface area contributed by atoms with Crippen molar-refractivity contribution in [3.05, 3.63) is 23.7 Å². The highest BCUT2D eigenvalue weighted by Gasteiger charge is 2.23. The van der Waals surface area contributed by atoms with Crippen LogP contribution in [0, 0.1) is 12.3 Å². The summed E-state index contributed by atoms with van der Waals surface area (Å²) in [4.78, 5) is 11.7. The molecule has 0 aliphatic carbocycles. The minimum atomic E-state index is -0.365. The largest absolute Gasteiger partial charge is 0.464 e. The van der Waals surface area contributed by atoms with Gasteiger partial charge in [0, 0.05) is 5.41 Å². The number of furan rings is 1. The second-order valence-electron chi connectivity index (χ2n) is 4.89. The molecule has 0 spiro atoms. The summed E-state index contributed by atoms with van der Waals surface area (Å²) in [5.41, 5.74) is -0.365. The lowest BCUT2D eigenvalue weighted by atomic mass is 9.95. The fourth-order valence-corrected chi connectivity index (χ4v) is 1.17. The van der Waals surface area contributed by atoms with Crippen molar-refractivity contribution in [3.8, 4) is 0 Å². The predicted molar refractivity (Wildman–Crippen MR) is 59.5 cm³/mol. The Morgan fingerprint density at radius 2 is 2.00 bits per heavy atom. The summed E-state index contributed by atoms with van der Waals surface area (Å²) >= 11 is 0. The van der Waals surface area contributed by atoms with E-state index >= 15 is 0 Å². The monoisotopic (exact) mass is 209 g/mol. The normalized spacial score (nSPS) is 13.7. The van der Waals surface area contributed by atoms with Crippen molar-refractivity contribution < 1.29 is 9.21 Å². The van der Waals surface area contributed by atoms with Crippen molar-refractivity contribution in [2.45, 2.75) is 40.7 Å². The number of hydrogen-bond donors (Lipinski definition) is 1. The molecule has 0 aromatic carbocycles. The van der Waals surface area contributed by atoms with E-state index in [1.165, 1.54) is 0 Å². The lowest BCUT2D eigenvalue weighted by Gasteiger charge is -2.20. The maximum Gasteiger partial charge on any atom is 0.225 e. The zero-order valence-electron chi connectivity index (χ0n) is 10.0. The average molecular weight is 209 g/mol. The van der Waals surface area contributed by atoms with Crippen molar-refractivity contribution in [1.29, 1.82) is 0 Å². The van der Waals surface area contributed by atoms with Crippen LogP contribution in [0.3, 0.4) is 0 Å². The molecule has 3 heteroatoms. The van der Waals surface area contributed by atoms with Crippen LogP contribution in [0.15, 0.2) is 16.5 Å². The molecule has 3 nitrogen and oxygen atoms in total. The minimum Gasteiger partial charge on any atom is -0.464 e. The van der Waals surface area contributed by atoms with Crippen LogP contribution in [0.25, 0.3) is 0 Å². The van der Waals surface area contributed by atoms with E-state index in [4.69, 9.17) is 4.42 Å². The van der Waals surface area contributed by atoms with Gasteiger partial charge in [0.25, 0.3) is 0 Å². The Balaban J connectivity index is 2.64. The van der Waals surface area contributed by atoms with Crippen LogP contribution in [-0.4, -0.2) is 5.91 Å². The van der Waals surface area contributed by atoms with Crippen LogP contribution in [0.4, 0.5) is 0 Å². The van der Waals surface area contributed by atoms with E-state index in [2.05, 4.69) is 5.32 Å². The van der Waals surface area contributed by atoms with Crippen molar-refractivity contribution in [2.75, 3.05) is 0 Å². The maximum absolute atomic E-state index is 11.7. The fraction of sp³-hybridized carbons (Fsp3) is 0.583. The third-order valence-corrected chi connectivity index (χ3v) is 2.22. The summed E-state index contributed by atoms with van der Waals surface area (Å²) in [5, 5.41) is 2.92. The molecule has 0 saturated heterocycles. The second-order valence-corrected chi connectivity index (χ2v) is 4.89. The van der Waals surface area contributed by atoms with Gasteiger partial charge in [-0.25, -0.2) is 0 Å². The fourth-order valence-electron chi connectivity index (χ4n) is 1.17. The van der Waals surface area contributed by atoms with E-state index in [-0.39, 0.29) is 17.4 Å². The second kappa shape index (κ2) is 4.09. The van der Waals surface area contributed by atoms with Gasteiger partial charge in [-0.1, -0.05) is 20.8 Å². The van der Waals surface area contributed by atoms with Crippen LogP contribution < -0.4 is 5.32 Å². The number of amides is 1. The number of carbonyl (C=O) groups is 1. The van der Waals surface area contributed by atoms with Crippen LogP contribution >= 0.6 is 0 Å². The van der Waals surface area contributed by atoms with Gasteiger partial charge in [0.05, 0.1) is 6.04 Å². The topological polar surface area (TPSA) is 42.2 Å². The summed E-state index contributed by atoms with van der Waals surface area (Å²) in [5.74, 6) is 1.69. The van der Waals surface area contributed by atoms with Gasteiger partial charge in [-0.3, -0.25) is 4.79 Å². The molecular formula is C12H19NO2. The van der Waals surface area contributed by atoms with Gasteiger partial charge in [0.2, 0.25) is 5.91 Å². The zero-order valence-corrected chi connectivity index (χ0v) is 10.0. The predicted octanol–water partition coefficient (Wildman–Crippen LogP) is 2.81. The number of rotatable bonds is 2. The Hall–Kier alpha value is -1.25. The van der Waals surface area contributed by atoms with Crippen LogP contribution in [-0.2, 0) is 4.79 Å². The van der Waals surface area contributed by atoms with Crippen molar-refractivity contribution in [3.63, 3.8) is 0 Å². The smallest absolute Gasteiger partial charge is 0.225 e. The molecule has 1 heterocycles. The molecule has 1 rings (SSSR count). The van der Waals surface area contributed by atoms with Gasteiger partial charge in [0.1, 0.15) is 11.5 Å². The third-order valence-electron chi connectivity index (χ3n) is 2.22. The average Bonchev–Trinajstić information content (AvgIpc) is 2.50. The van der Waals surface area contributed by atoms with Crippen LogP contribution in [0.1, 0.15) is 45.3 Å². The first-order valence-electron chi connectivity index (χ1n) is 5.18. The highest BCUT2D eigenvalue weighted by molar-refractivity contribution is 5.81. The van der Waals surface area contributed by atoms with Crippen molar-refractivity contribution in [2.24, 2.45) is 5.41 Å². The molecule has 1 unspecified atom stereocenters. The molecule has 1 N–H and O–H groups in total. The molecule has 0 saturated carbocycles. The van der Waals surface area contributed by atoms with E-state index in [0.717, 1.165) is 11.5 Å². The molecule has 1 amide bonds. The quantitative estimate of drug-likeness (QED) is 0.813. The zero-order chi connectivity index (χ0) is 11.6. The van der Waals surface area contributed by atoms with Crippen LogP contribution in [0.5, 0.6) is 0 Å². The summed E-state index contributed by atoms with van der Waals surface area (Å²) in [6, 6.07) is 3.71. The molecule has 15 heavy (non-hydrogen) atoms. The molecule has 1 aromatic heterocycles. The molecule has 1 atom stereocenters. The first kappa shape index (κ1) is 11.8. The molecule has 0 aliphatic rings. The van der Waals surface area contributed by atoms with E-state index in [1.54, 1.807) is 0 Å². The van der Waals surface area contributed by atoms with Gasteiger partial charge in [-0.2, -0.15) is 0 Å². The molecule has 0 bridgehead atoms. The van der Waals surface area contributed by atoms with Gasteiger partial charge in [-0.05, 0) is 26.0 Å². The SMILES string of the molecule is Cc1ccc(C(C)NC(=O)C(C)(C)C)o1. The Morgan fingerprint density at radius 3 is 2.40 bits per heavy atom. The van der Waals surface area contributed by atoms with E-state index in [9.17, 15) is 4.79 Å². The molecule has 0 aliphatic heterocycles. The van der Waals surface area contributed by atoms with Crippen LogP contribution in [0.2, 0.25) is 0 Å². The van der Waals surface area contributed by atoms with Gasteiger partial charge in [-0.15, -0.1) is 0 Å². The van der Waals surface area contributed by atoms with E-state index in [1.807, 2.05) is 46.8 Å². The highest BCUT2D eigenvalue weighted by Crippen LogP contribution is 2.19. The number of aryl methyl sites for hydroxylation is 1. The third kappa shape index (κ3) is 3.11. The summed E-state index contributed by atoms with van der Waals surface area (Å²) in [7, 11) is 0. The Bertz CT molecular complexity index is 347. The lowest BCUT2D eigenvalue weighted by molar-refractivity contribution is -0.129. The number of carbonyl (C=O) groups excluding carboxylic acids is 1. The lowest BCUT2D eigenvalue weighted by Crippen LogP contribution is -2.36. The molecule has 1 aromatic rings. The Labute approximate surface area is 90.9 Å². The van der Waals surface area contributed by atoms with Crippen molar-refractivity contribution in [1.82, 2.24) is 5.32 Å². The van der Waals surface area contributed by atoms with Gasteiger partial charge < -0.3 is 9.73 Å². The van der Waals surface area contributed by atoms with Crippen molar-refractivity contribution >= 4 is 5.91 Å². The molecule has 0 radical (unpaired) electrons. The summed E-state index contributed by atoms with van der Waals surface area (Å²) in [6.45, 7) is 9.48. The summed E-state index contributed by atoms with van der Waals surface area (Å²) < 4.78 is 5.44. The Morgan fingerprint density at radius 1 is 1.40 bits per heavy atom. The molecule has 84 valence electrons. The van der Waals surface area contributed by atoms with Gasteiger partial charge >= 0.3 is 0 Å². The minimum absolute atomic E-state index is 0.0315. The van der Waals surface area contributed by atoms with Gasteiger partial charge in [0.15, 0.2) is 0 Å². The Kier molecular flexibility index (Phi) is 3.22. The summed E-state index contributed by atoms with van der Waals surface area (Å²) in [6.07, 6.45) is 0. The maximum atomic E-state index is 11.7. The first-order chi connectivity index (χ1) is 6.80. The number of hydrogen-bond acceptors (Lipinski definition) is 2. The van der Waals surface area contributed by atoms with E-state index in [0.29, 0.717) is 0 Å².